The molecule has 0 saturated heterocycles. The topological polar surface area (TPSA) is 88.7 Å². The highest BCUT2D eigenvalue weighted by molar-refractivity contribution is 5.86. The van der Waals surface area contributed by atoms with Gasteiger partial charge in [-0.2, -0.15) is 0 Å². The monoisotopic (exact) mass is 323 g/mol. The quantitative estimate of drug-likeness (QED) is 0.739. The highest BCUT2D eigenvalue weighted by Gasteiger charge is 2.17. The molecule has 1 aliphatic heterocycles. The summed E-state index contributed by atoms with van der Waals surface area (Å²) in [6.07, 6.45) is -0.459. The number of amides is 2. The Morgan fingerprint density at radius 1 is 1.30 bits per heavy atom. The molecule has 0 atom stereocenters. The SMILES string of the molecule is CC(C)(C)OC(=O)Nc1ccc2c(c1)NCCO2.CNC(C)=O. The van der Waals surface area contributed by atoms with Gasteiger partial charge in [0.05, 0.1) is 5.69 Å². The Morgan fingerprint density at radius 3 is 2.52 bits per heavy atom. The van der Waals surface area contributed by atoms with E-state index in [1.165, 1.54) is 6.92 Å². The van der Waals surface area contributed by atoms with Crippen molar-refractivity contribution in [1.82, 2.24) is 5.32 Å². The summed E-state index contributed by atoms with van der Waals surface area (Å²) in [6, 6.07) is 5.45. The molecule has 0 spiro atoms. The van der Waals surface area contributed by atoms with Gasteiger partial charge >= 0.3 is 6.09 Å². The van der Waals surface area contributed by atoms with Crippen molar-refractivity contribution >= 4 is 23.4 Å². The second kappa shape index (κ2) is 8.26. The minimum atomic E-state index is -0.500. The molecule has 0 aromatic heterocycles. The second-order valence-corrected chi connectivity index (χ2v) is 5.92. The molecule has 0 radical (unpaired) electrons. The first-order chi connectivity index (χ1) is 10.7. The van der Waals surface area contributed by atoms with Gasteiger partial charge in [-0.25, -0.2) is 4.79 Å². The van der Waals surface area contributed by atoms with E-state index in [1.807, 2.05) is 32.9 Å². The number of carbonyl (C=O) groups excluding carboxylic acids is 2. The molecule has 0 aliphatic carbocycles. The summed E-state index contributed by atoms with van der Waals surface area (Å²) >= 11 is 0. The highest BCUT2D eigenvalue weighted by Crippen LogP contribution is 2.30. The zero-order valence-corrected chi connectivity index (χ0v) is 14.3. The molecule has 0 unspecified atom stereocenters. The number of benzene rings is 1. The minimum Gasteiger partial charge on any atom is -0.490 e. The van der Waals surface area contributed by atoms with Gasteiger partial charge in [-0.15, -0.1) is 0 Å². The fourth-order valence-electron chi connectivity index (χ4n) is 1.64. The van der Waals surface area contributed by atoms with E-state index in [4.69, 9.17) is 9.47 Å². The minimum absolute atomic E-state index is 0.00463. The molecule has 1 aromatic rings. The Bertz CT molecular complexity index is 553. The van der Waals surface area contributed by atoms with Crippen LogP contribution < -0.4 is 20.7 Å². The van der Waals surface area contributed by atoms with Crippen molar-refractivity contribution in [2.75, 3.05) is 30.8 Å². The summed E-state index contributed by atoms with van der Waals surface area (Å²) in [5, 5.41) is 8.29. The third-order valence-electron chi connectivity index (χ3n) is 2.65. The molecule has 1 aromatic carbocycles. The fraction of sp³-hybridized carbons (Fsp3) is 0.500. The molecule has 2 rings (SSSR count). The molecular formula is C16H25N3O4. The maximum atomic E-state index is 11.6. The largest absolute Gasteiger partial charge is 0.490 e. The molecule has 2 amide bonds. The lowest BCUT2D eigenvalue weighted by Crippen LogP contribution is -2.27. The van der Waals surface area contributed by atoms with E-state index in [-0.39, 0.29) is 5.91 Å². The molecule has 1 aliphatic rings. The maximum absolute atomic E-state index is 11.6. The van der Waals surface area contributed by atoms with Crippen molar-refractivity contribution in [2.45, 2.75) is 33.3 Å². The molecule has 1 heterocycles. The molecule has 7 nitrogen and oxygen atoms in total. The van der Waals surface area contributed by atoms with Crippen LogP contribution in [0.4, 0.5) is 16.2 Å². The second-order valence-electron chi connectivity index (χ2n) is 5.92. The number of hydrogen-bond acceptors (Lipinski definition) is 5. The van der Waals surface area contributed by atoms with Crippen molar-refractivity contribution < 1.29 is 19.1 Å². The van der Waals surface area contributed by atoms with Crippen LogP contribution in [0.25, 0.3) is 0 Å². The van der Waals surface area contributed by atoms with Gasteiger partial charge in [0.1, 0.15) is 18.0 Å². The number of hydrogen-bond donors (Lipinski definition) is 3. The van der Waals surface area contributed by atoms with Crippen molar-refractivity contribution in [3.8, 4) is 5.75 Å². The van der Waals surface area contributed by atoms with Crippen LogP contribution in [-0.4, -0.2) is 37.8 Å². The first-order valence-corrected chi connectivity index (χ1v) is 7.40. The molecule has 3 N–H and O–H groups in total. The molecule has 0 fully saturated rings. The number of fused-ring (bicyclic) bond motifs is 1. The zero-order valence-electron chi connectivity index (χ0n) is 14.3. The van der Waals surface area contributed by atoms with E-state index in [0.717, 1.165) is 18.0 Å². The first-order valence-electron chi connectivity index (χ1n) is 7.40. The molecule has 128 valence electrons. The lowest BCUT2D eigenvalue weighted by Gasteiger charge is -2.21. The van der Waals surface area contributed by atoms with Gasteiger partial charge in [-0.3, -0.25) is 10.1 Å². The third kappa shape index (κ3) is 7.39. The van der Waals surface area contributed by atoms with Crippen LogP contribution in [0.1, 0.15) is 27.7 Å². The van der Waals surface area contributed by atoms with Crippen LogP contribution in [-0.2, 0) is 9.53 Å². The van der Waals surface area contributed by atoms with Crippen LogP contribution >= 0.6 is 0 Å². The normalized spacial score (nSPS) is 12.4. The van der Waals surface area contributed by atoms with Gasteiger partial charge in [0.2, 0.25) is 5.91 Å². The fourth-order valence-corrected chi connectivity index (χ4v) is 1.64. The first kappa shape index (κ1) is 18.6. The van der Waals surface area contributed by atoms with Gasteiger partial charge in [-0.1, -0.05) is 0 Å². The van der Waals surface area contributed by atoms with Crippen molar-refractivity contribution in [1.29, 1.82) is 0 Å². The Hall–Kier alpha value is -2.44. The molecule has 0 bridgehead atoms. The average molecular weight is 323 g/mol. The van der Waals surface area contributed by atoms with E-state index in [9.17, 15) is 9.59 Å². The van der Waals surface area contributed by atoms with Crippen LogP contribution in [0.3, 0.4) is 0 Å². The number of carbonyl (C=O) groups is 2. The van der Waals surface area contributed by atoms with Gasteiger partial charge in [0.15, 0.2) is 0 Å². The molecule has 0 saturated carbocycles. The van der Waals surface area contributed by atoms with Crippen LogP contribution in [0, 0.1) is 0 Å². The van der Waals surface area contributed by atoms with E-state index >= 15 is 0 Å². The predicted octanol–water partition coefficient (Wildman–Crippen LogP) is 2.59. The van der Waals surface area contributed by atoms with E-state index in [0.29, 0.717) is 12.3 Å². The Kier molecular flexibility index (Phi) is 6.68. The lowest BCUT2D eigenvalue weighted by molar-refractivity contribution is -0.118. The Morgan fingerprint density at radius 2 is 1.96 bits per heavy atom. The summed E-state index contributed by atoms with van der Waals surface area (Å²) in [5.74, 6) is 0.806. The van der Waals surface area contributed by atoms with Crippen LogP contribution in [0.2, 0.25) is 0 Å². The Balaban J connectivity index is 0.000000463. The van der Waals surface area contributed by atoms with Gasteiger partial charge < -0.3 is 20.1 Å². The predicted molar refractivity (Wildman–Crippen MR) is 90.0 cm³/mol. The summed E-state index contributed by atoms with van der Waals surface area (Å²) in [7, 11) is 1.60. The Labute approximate surface area is 136 Å². The number of rotatable bonds is 1. The van der Waals surface area contributed by atoms with E-state index < -0.39 is 11.7 Å². The summed E-state index contributed by atoms with van der Waals surface area (Å²) in [5.41, 5.74) is 1.07. The van der Waals surface area contributed by atoms with E-state index in [2.05, 4.69) is 16.0 Å². The van der Waals surface area contributed by atoms with Gasteiger partial charge in [-0.05, 0) is 39.0 Å². The summed E-state index contributed by atoms with van der Waals surface area (Å²) < 4.78 is 10.6. The van der Waals surface area contributed by atoms with Crippen molar-refractivity contribution in [3.63, 3.8) is 0 Å². The smallest absolute Gasteiger partial charge is 0.412 e. The van der Waals surface area contributed by atoms with Crippen LogP contribution in [0.15, 0.2) is 18.2 Å². The molecular weight excluding hydrogens is 298 g/mol. The standard InChI is InChI=1S/C13H18N2O3.C3H7NO/c1-13(2,3)18-12(16)15-9-4-5-11-10(8-9)14-6-7-17-11;1-3(5)4-2/h4-5,8,14H,6-7H2,1-3H3,(H,15,16);1-2H3,(H,4,5). The molecule has 7 heteroatoms. The summed E-state index contributed by atoms with van der Waals surface area (Å²) in [4.78, 5) is 21.3. The maximum Gasteiger partial charge on any atom is 0.412 e. The third-order valence-corrected chi connectivity index (χ3v) is 2.65. The average Bonchev–Trinajstić information content (AvgIpc) is 2.45. The van der Waals surface area contributed by atoms with Crippen molar-refractivity contribution in [3.05, 3.63) is 18.2 Å². The summed E-state index contributed by atoms with van der Waals surface area (Å²) in [6.45, 7) is 8.38. The molecule has 23 heavy (non-hydrogen) atoms. The lowest BCUT2D eigenvalue weighted by atomic mass is 10.2. The van der Waals surface area contributed by atoms with E-state index in [1.54, 1.807) is 13.1 Å². The number of ether oxygens (including phenoxy) is 2. The van der Waals surface area contributed by atoms with Crippen molar-refractivity contribution in [2.24, 2.45) is 0 Å². The zero-order chi connectivity index (χ0) is 17.5. The van der Waals surface area contributed by atoms with Gasteiger partial charge in [0.25, 0.3) is 0 Å². The van der Waals surface area contributed by atoms with Gasteiger partial charge in [0, 0.05) is 26.2 Å². The number of nitrogens with one attached hydrogen (secondary N) is 3. The number of anilines is 2. The highest BCUT2D eigenvalue weighted by atomic mass is 16.6. The van der Waals surface area contributed by atoms with Crippen LogP contribution in [0.5, 0.6) is 5.75 Å².